The van der Waals surface area contributed by atoms with E-state index in [2.05, 4.69) is 47.3 Å². The number of phenols is 1. The molecule has 2 aliphatic carbocycles. The molecule has 5 saturated heterocycles. The Labute approximate surface area is 428 Å². The minimum atomic E-state index is -0.694. The molecule has 3 N–H and O–H groups in total. The monoisotopic (exact) mass is 1010 g/mol. The lowest BCUT2D eigenvalue weighted by molar-refractivity contribution is -0.135. The molecular formula is C56H65F2N11O5. The summed E-state index contributed by atoms with van der Waals surface area (Å²) >= 11 is 0. The molecule has 2 saturated carbocycles. The molecule has 388 valence electrons. The summed E-state index contributed by atoms with van der Waals surface area (Å²) in [6.07, 6.45) is 11.8. The second kappa shape index (κ2) is 18.3. The highest BCUT2D eigenvalue weighted by atomic mass is 19.1. The Bertz CT molecular complexity index is 3280. The number of amides is 2. The number of rotatable bonds is 12. The van der Waals surface area contributed by atoms with Gasteiger partial charge >= 0.3 is 11.7 Å². The molecule has 18 heteroatoms. The first-order chi connectivity index (χ1) is 35.8. The number of fused-ring (bicyclic) bond motifs is 5. The Balaban J connectivity index is 0.635. The number of imide groups is 1. The van der Waals surface area contributed by atoms with Gasteiger partial charge in [-0.25, -0.2) is 13.6 Å². The molecule has 13 rings (SSSR count). The van der Waals surface area contributed by atoms with Gasteiger partial charge in [0.15, 0.2) is 5.82 Å². The Morgan fingerprint density at radius 1 is 0.851 bits per heavy atom. The average molecular weight is 1010 g/mol. The molecule has 0 radical (unpaired) electrons. The van der Waals surface area contributed by atoms with Gasteiger partial charge in [-0.05, 0) is 141 Å². The zero-order chi connectivity index (χ0) is 50.6. The van der Waals surface area contributed by atoms with E-state index >= 15 is 8.78 Å². The number of halogens is 2. The quantitative estimate of drug-likeness (QED) is 0.115. The summed E-state index contributed by atoms with van der Waals surface area (Å²) in [5.41, 5.74) is 3.59. The second-order valence-corrected chi connectivity index (χ2v) is 23.0. The first kappa shape index (κ1) is 47.5. The first-order valence-corrected chi connectivity index (χ1v) is 27.0. The molecule has 7 aliphatic rings. The van der Waals surface area contributed by atoms with Crippen molar-refractivity contribution >= 4 is 56.0 Å². The van der Waals surface area contributed by atoms with Crippen LogP contribution in [0.1, 0.15) is 82.7 Å². The molecule has 6 aromatic rings. The van der Waals surface area contributed by atoms with Gasteiger partial charge in [0.25, 0.3) is 0 Å². The van der Waals surface area contributed by atoms with Crippen LogP contribution in [0.5, 0.6) is 11.8 Å². The van der Waals surface area contributed by atoms with Gasteiger partial charge in [-0.1, -0.05) is 13.0 Å². The Hall–Kier alpha value is -6.24. The van der Waals surface area contributed by atoms with Crippen molar-refractivity contribution in [2.75, 3.05) is 81.9 Å². The first-order valence-electron chi connectivity index (χ1n) is 27.0. The number of pyridine rings is 1. The minimum Gasteiger partial charge on any atom is -0.508 e. The second-order valence-electron chi connectivity index (χ2n) is 23.0. The smallest absolute Gasteiger partial charge is 0.329 e. The number of benzene rings is 3. The van der Waals surface area contributed by atoms with Gasteiger partial charge in [-0.3, -0.25) is 33.9 Å². The van der Waals surface area contributed by atoms with Gasteiger partial charge in [-0.15, -0.1) is 0 Å². The highest BCUT2D eigenvalue weighted by Gasteiger charge is 2.50. The average Bonchev–Trinajstić information content (AvgIpc) is 4.02. The summed E-state index contributed by atoms with van der Waals surface area (Å²) in [6.45, 7) is 11.8. The van der Waals surface area contributed by atoms with Crippen LogP contribution in [0.15, 0.2) is 53.5 Å². The summed E-state index contributed by atoms with van der Waals surface area (Å²) < 4.78 is 42.1. The summed E-state index contributed by atoms with van der Waals surface area (Å²) in [5, 5.41) is 18.5. The number of nitrogens with one attached hydrogen (secondary N) is 2. The van der Waals surface area contributed by atoms with Crippen molar-refractivity contribution in [3.05, 3.63) is 76.3 Å². The van der Waals surface area contributed by atoms with Crippen molar-refractivity contribution < 1.29 is 28.2 Å². The van der Waals surface area contributed by atoms with Crippen LogP contribution in [-0.2, 0) is 23.1 Å². The summed E-state index contributed by atoms with van der Waals surface area (Å²) in [6, 6.07) is 12.2. The Kier molecular flexibility index (Phi) is 11.7. The number of anilines is 2. The van der Waals surface area contributed by atoms with Gasteiger partial charge in [0.05, 0.1) is 23.0 Å². The van der Waals surface area contributed by atoms with Gasteiger partial charge in [0.1, 0.15) is 34.6 Å². The molecule has 3 atom stereocenters. The van der Waals surface area contributed by atoms with Crippen molar-refractivity contribution in [2.24, 2.45) is 23.8 Å². The Morgan fingerprint density at radius 3 is 2.35 bits per heavy atom. The van der Waals surface area contributed by atoms with Crippen LogP contribution in [-0.4, -0.2) is 135 Å². The lowest BCUT2D eigenvalue weighted by Crippen LogP contribution is -2.53. The number of hydrogen-bond acceptors (Lipinski definition) is 13. The predicted octanol–water partition coefficient (Wildman–Crippen LogP) is 6.44. The number of ether oxygens (including phenoxy) is 1. The number of carbonyl (C=O) groups excluding carboxylic acids is 2. The molecule has 16 nitrogen and oxygen atoms in total. The molecule has 8 heterocycles. The molecular weight excluding hydrogens is 945 g/mol. The number of piperazine rings is 2. The molecule has 1 spiro atoms. The van der Waals surface area contributed by atoms with Gasteiger partial charge in [0, 0.05) is 101 Å². The standard InChI is InChI=1S/C56H65F2N11O5/c1-3-39-42(57)8-4-34-22-38(70)24-40(47(34)39)49-48(58)50-41(27-59-49)51(68-29-35-5-6-36(30-68)60-35)63-53(62-50)74-32-56(12-13-56)31-66-16-14-55(15-17-66)25-33(26-55)28-65-18-20-67(21-19-65)37-7-9-43-45(23-37)64(2)54(73)69(43)44-10-11-46(71)61-52(44)72/h4,7-9,22-24,27,33,35-36,44,60,70H,3,5-6,10-21,25-26,28-32H2,1-2H3,(H,61,71,72). The fourth-order valence-corrected chi connectivity index (χ4v) is 14.0. The van der Waals surface area contributed by atoms with E-state index in [1.165, 1.54) is 42.4 Å². The summed E-state index contributed by atoms with van der Waals surface area (Å²) in [5.74, 6) is -0.492. The zero-order valence-electron chi connectivity index (χ0n) is 42.3. The van der Waals surface area contributed by atoms with Gasteiger partial charge in [0.2, 0.25) is 11.8 Å². The fraction of sp³-hybridized carbons (Fsp3) is 0.536. The number of aromatic nitrogens is 5. The van der Waals surface area contributed by atoms with E-state index in [4.69, 9.17) is 14.7 Å². The lowest BCUT2D eigenvalue weighted by atomic mass is 9.57. The number of piperidine rings is 2. The van der Waals surface area contributed by atoms with Crippen LogP contribution >= 0.6 is 0 Å². The van der Waals surface area contributed by atoms with E-state index in [9.17, 15) is 19.5 Å². The molecule has 74 heavy (non-hydrogen) atoms. The highest BCUT2D eigenvalue weighted by molar-refractivity contribution is 6.02. The van der Waals surface area contributed by atoms with Crippen molar-refractivity contribution in [2.45, 2.75) is 95.7 Å². The van der Waals surface area contributed by atoms with E-state index in [1.807, 2.05) is 13.0 Å². The van der Waals surface area contributed by atoms with Crippen molar-refractivity contribution in [3.8, 4) is 23.0 Å². The SMILES string of the molecule is CCc1c(F)ccc2cc(O)cc(-c3ncc4c(N5CC6CCC(C5)N6)nc(OCC5(CN6CCC7(CC6)CC(CN6CCN(c8ccc9c(c8)n(C)c(=O)n9C8CCC(=O)NC8=O)CC6)C7)CC5)nc4c3F)c12. The summed E-state index contributed by atoms with van der Waals surface area (Å²) in [7, 11) is 1.74. The van der Waals surface area contributed by atoms with Crippen LogP contribution < -0.4 is 30.9 Å². The van der Waals surface area contributed by atoms with E-state index < -0.39 is 17.8 Å². The maximum absolute atomic E-state index is 17.2. The van der Waals surface area contributed by atoms with Crippen LogP contribution in [0, 0.1) is 28.4 Å². The number of imidazole rings is 1. The van der Waals surface area contributed by atoms with Gasteiger partial charge < -0.3 is 29.9 Å². The molecule has 2 amide bonds. The fourth-order valence-electron chi connectivity index (χ4n) is 14.0. The van der Waals surface area contributed by atoms with E-state index in [1.54, 1.807) is 29.9 Å². The van der Waals surface area contributed by atoms with Crippen molar-refractivity contribution in [1.29, 1.82) is 0 Å². The molecule has 3 unspecified atom stereocenters. The highest BCUT2D eigenvalue weighted by Crippen LogP contribution is 2.54. The zero-order valence-corrected chi connectivity index (χ0v) is 42.3. The molecule has 7 fully saturated rings. The normalized spacial score (nSPS) is 24.1. The number of nitrogens with zero attached hydrogens (tertiary/aromatic N) is 9. The maximum Gasteiger partial charge on any atom is 0.329 e. The number of carbonyl (C=O) groups is 2. The number of aromatic hydroxyl groups is 1. The van der Waals surface area contributed by atoms with E-state index in [0.717, 1.165) is 102 Å². The predicted molar refractivity (Wildman–Crippen MR) is 279 cm³/mol. The molecule has 2 bridgehead atoms. The Morgan fingerprint density at radius 2 is 1.62 bits per heavy atom. The van der Waals surface area contributed by atoms with Gasteiger partial charge in [-0.2, -0.15) is 9.97 Å². The van der Waals surface area contributed by atoms with Crippen LogP contribution in [0.25, 0.3) is 44.0 Å². The molecule has 3 aromatic heterocycles. The van der Waals surface area contributed by atoms with Crippen molar-refractivity contribution in [1.82, 2.24) is 44.5 Å². The van der Waals surface area contributed by atoms with E-state index in [-0.39, 0.29) is 52.2 Å². The minimum absolute atomic E-state index is 0.00205. The van der Waals surface area contributed by atoms with Crippen LogP contribution in [0.2, 0.25) is 0 Å². The topological polar surface area (TPSA) is 166 Å². The number of phenolic OH excluding ortho intramolecular Hbond substituents is 1. The van der Waals surface area contributed by atoms with E-state index in [0.29, 0.717) is 81.5 Å². The van der Waals surface area contributed by atoms with Crippen LogP contribution in [0.3, 0.4) is 0 Å². The van der Waals surface area contributed by atoms with Crippen molar-refractivity contribution in [3.63, 3.8) is 0 Å². The third-order valence-corrected chi connectivity index (χ3v) is 18.2. The lowest BCUT2D eigenvalue weighted by Gasteiger charge is -2.54. The molecule has 5 aliphatic heterocycles. The number of likely N-dealkylation sites (tertiary alicyclic amines) is 1. The number of hydrogen-bond donors (Lipinski definition) is 3. The third kappa shape index (κ3) is 8.44. The molecule has 3 aromatic carbocycles. The summed E-state index contributed by atoms with van der Waals surface area (Å²) in [4.78, 5) is 62.1. The number of aryl methyl sites for hydroxylation is 2. The maximum atomic E-state index is 17.2. The third-order valence-electron chi connectivity index (χ3n) is 18.2. The largest absolute Gasteiger partial charge is 0.508 e. The van der Waals surface area contributed by atoms with Crippen LogP contribution in [0.4, 0.5) is 20.3 Å².